The summed E-state index contributed by atoms with van der Waals surface area (Å²) in [7, 11) is 0. The van der Waals surface area contributed by atoms with E-state index in [9.17, 15) is 0 Å². The molecule has 13 rings (SSSR count). The number of aromatic nitrogens is 5. The van der Waals surface area contributed by atoms with Crippen LogP contribution in [-0.4, -0.2) is 24.5 Å². The van der Waals surface area contributed by atoms with Crippen LogP contribution in [0.15, 0.2) is 205 Å². The monoisotopic (exact) mass is 809 g/mol. The summed E-state index contributed by atoms with van der Waals surface area (Å²) in [4.78, 5) is 22.0. The van der Waals surface area contributed by atoms with Crippen molar-refractivity contribution in [3.8, 4) is 67.8 Å². The first-order chi connectivity index (χ1) is 30.7. The van der Waals surface area contributed by atoms with Crippen LogP contribution in [0.1, 0.15) is 22.4 Å². The van der Waals surface area contributed by atoms with Gasteiger partial charge in [-0.3, -0.25) is 0 Å². The molecular weight excluding hydrogens is 775 g/mol. The van der Waals surface area contributed by atoms with Crippen molar-refractivity contribution in [3.63, 3.8) is 0 Å². The van der Waals surface area contributed by atoms with Crippen LogP contribution in [0.4, 0.5) is 0 Å². The van der Waals surface area contributed by atoms with Crippen LogP contribution < -0.4 is 0 Å². The van der Waals surface area contributed by atoms with E-state index in [-0.39, 0.29) is 11.3 Å². The Labute approximate surface area is 362 Å². The maximum atomic E-state index is 5.22. The van der Waals surface area contributed by atoms with Gasteiger partial charge in [-0.05, 0) is 103 Å². The van der Waals surface area contributed by atoms with E-state index in [1.807, 2.05) is 48.2 Å². The lowest BCUT2D eigenvalue weighted by molar-refractivity contribution is 0.618. The lowest BCUT2D eigenvalue weighted by Crippen LogP contribution is -2.19. The summed E-state index contributed by atoms with van der Waals surface area (Å²) in [5.74, 6) is 3.11. The van der Waals surface area contributed by atoms with Crippen LogP contribution in [0.5, 0.6) is 0 Å². The van der Waals surface area contributed by atoms with Gasteiger partial charge in [0.25, 0.3) is 0 Å². The molecule has 2 aliphatic heterocycles. The quantitative estimate of drug-likeness (QED) is 0.162. The predicted octanol–water partition coefficient (Wildman–Crippen LogP) is 14.3. The van der Waals surface area contributed by atoms with E-state index in [0.717, 1.165) is 44.7 Å². The van der Waals surface area contributed by atoms with Crippen molar-refractivity contribution in [2.24, 2.45) is 0 Å². The number of para-hydroxylation sites is 2. The molecule has 6 heteroatoms. The molecule has 2 unspecified atom stereocenters. The lowest BCUT2D eigenvalue weighted by atomic mass is 9.84. The van der Waals surface area contributed by atoms with Gasteiger partial charge in [0.2, 0.25) is 0 Å². The standard InChI is InChI=1S/C56H35N5S/c1-3-15-34(16-4-1)52-58-53(35-17-5-2-6-18-35)60-54(59-52)40-30-38(29-39(31-40)46-33-37-19-7-8-20-41(37)42-21-9-10-22-43(42)46)36-27-28-50-47(32-36)51-44-23-11-12-24-45(44)55-57-48-25-13-14-26-49(48)61(55)56(51)62-50/h1-33,51,56H. The average Bonchev–Trinajstić information content (AvgIpc) is 3.93. The van der Waals surface area contributed by atoms with Crippen LogP contribution in [0.25, 0.3) is 100 Å². The van der Waals surface area contributed by atoms with Crippen molar-refractivity contribution in [1.29, 1.82) is 0 Å². The molecule has 0 saturated heterocycles. The van der Waals surface area contributed by atoms with E-state index < -0.39 is 0 Å². The normalized spacial score (nSPS) is 15.0. The lowest BCUT2D eigenvalue weighted by Gasteiger charge is -2.30. The predicted molar refractivity (Wildman–Crippen MR) is 254 cm³/mol. The number of imidazole rings is 1. The van der Waals surface area contributed by atoms with E-state index in [1.54, 1.807) is 0 Å². The molecule has 0 fully saturated rings. The third-order valence-corrected chi connectivity index (χ3v) is 13.9. The summed E-state index contributed by atoms with van der Waals surface area (Å²) in [6.45, 7) is 0. The first-order valence-corrected chi connectivity index (χ1v) is 21.9. The third kappa shape index (κ3) is 5.57. The molecule has 62 heavy (non-hydrogen) atoms. The molecule has 9 aromatic carbocycles. The van der Waals surface area contributed by atoms with Crippen molar-refractivity contribution < 1.29 is 0 Å². The van der Waals surface area contributed by atoms with Crippen LogP contribution in [0.3, 0.4) is 0 Å². The van der Waals surface area contributed by atoms with E-state index in [0.29, 0.717) is 17.5 Å². The molecule has 2 atom stereocenters. The fourth-order valence-electron chi connectivity index (χ4n) is 9.73. The Morgan fingerprint density at radius 3 is 1.79 bits per heavy atom. The molecule has 2 aliphatic rings. The number of fused-ring (bicyclic) bond motifs is 13. The highest BCUT2D eigenvalue weighted by atomic mass is 32.2. The Morgan fingerprint density at radius 2 is 1.00 bits per heavy atom. The molecule has 5 nitrogen and oxygen atoms in total. The van der Waals surface area contributed by atoms with Crippen LogP contribution >= 0.6 is 11.8 Å². The summed E-state index contributed by atoms with van der Waals surface area (Å²) < 4.78 is 2.48. The van der Waals surface area contributed by atoms with Gasteiger partial charge in [0.1, 0.15) is 5.82 Å². The van der Waals surface area contributed by atoms with Crippen molar-refractivity contribution in [1.82, 2.24) is 24.5 Å². The minimum absolute atomic E-state index is 0.154. The van der Waals surface area contributed by atoms with Crippen LogP contribution in [-0.2, 0) is 0 Å². The minimum Gasteiger partial charge on any atom is -0.310 e. The van der Waals surface area contributed by atoms with E-state index >= 15 is 0 Å². The molecule has 0 N–H and O–H groups in total. The molecule has 4 heterocycles. The van der Waals surface area contributed by atoms with E-state index in [4.69, 9.17) is 19.9 Å². The first-order valence-electron chi connectivity index (χ1n) is 21.0. The fourth-order valence-corrected chi connectivity index (χ4v) is 11.2. The van der Waals surface area contributed by atoms with E-state index in [1.165, 1.54) is 54.2 Å². The van der Waals surface area contributed by atoms with Gasteiger partial charge in [0.15, 0.2) is 17.5 Å². The molecule has 11 aromatic rings. The molecule has 0 bridgehead atoms. The summed E-state index contributed by atoms with van der Waals surface area (Å²) in [5.41, 5.74) is 13.4. The molecule has 0 radical (unpaired) electrons. The van der Waals surface area contributed by atoms with Crippen molar-refractivity contribution in [2.75, 3.05) is 0 Å². The largest absolute Gasteiger partial charge is 0.310 e. The molecule has 0 spiro atoms. The topological polar surface area (TPSA) is 56.5 Å². The van der Waals surface area contributed by atoms with Gasteiger partial charge in [-0.15, -0.1) is 0 Å². The maximum absolute atomic E-state index is 5.22. The highest BCUT2D eigenvalue weighted by Gasteiger charge is 2.42. The second-order valence-electron chi connectivity index (χ2n) is 16.1. The van der Waals surface area contributed by atoms with Gasteiger partial charge >= 0.3 is 0 Å². The highest BCUT2D eigenvalue weighted by Crippen LogP contribution is 2.60. The fraction of sp³-hybridized carbons (Fsp3) is 0.0357. The second-order valence-corrected chi connectivity index (χ2v) is 17.3. The molecule has 290 valence electrons. The molecule has 2 aromatic heterocycles. The maximum Gasteiger partial charge on any atom is 0.164 e. The Bertz CT molecular complexity index is 3520. The number of thioether (sulfide) groups is 1. The van der Waals surface area contributed by atoms with Crippen molar-refractivity contribution in [2.45, 2.75) is 16.2 Å². The van der Waals surface area contributed by atoms with Gasteiger partial charge in [-0.2, -0.15) is 0 Å². The summed E-state index contributed by atoms with van der Waals surface area (Å²) in [6.07, 6.45) is 0. The SMILES string of the molecule is c1ccc(-c2nc(-c3ccccc3)nc(-c3cc(-c4ccc5c(c4)C4c6ccccc6-c6nc7ccccc7n6C4S5)cc(-c4cc5ccccc5c5ccccc45)c3)n2)cc1. The number of nitrogens with zero attached hydrogens (tertiary/aromatic N) is 5. The third-order valence-electron chi connectivity index (χ3n) is 12.6. The zero-order valence-corrected chi connectivity index (χ0v) is 34.2. The van der Waals surface area contributed by atoms with Gasteiger partial charge in [-0.25, -0.2) is 19.9 Å². The first kappa shape index (κ1) is 35.1. The Hall–Kier alpha value is -7.67. The molecule has 0 amide bonds. The minimum atomic E-state index is 0.154. The molecule has 0 aliphatic carbocycles. The Balaban J connectivity index is 1.04. The Morgan fingerprint density at radius 1 is 0.387 bits per heavy atom. The van der Waals surface area contributed by atoms with Gasteiger partial charge in [0, 0.05) is 33.1 Å². The summed E-state index contributed by atoms with van der Waals surface area (Å²) >= 11 is 1.95. The van der Waals surface area contributed by atoms with Crippen molar-refractivity contribution >= 4 is 44.3 Å². The number of hydrogen-bond acceptors (Lipinski definition) is 5. The van der Waals surface area contributed by atoms with Gasteiger partial charge in [0.05, 0.1) is 16.4 Å². The number of rotatable bonds is 5. The second kappa shape index (κ2) is 13.9. The molecular formula is C56H35N5S. The smallest absolute Gasteiger partial charge is 0.164 e. The highest BCUT2D eigenvalue weighted by molar-refractivity contribution is 7.99. The number of benzene rings is 9. The Kier molecular flexibility index (Phi) is 7.90. The molecule has 0 saturated carbocycles. The van der Waals surface area contributed by atoms with Crippen molar-refractivity contribution in [3.05, 3.63) is 211 Å². The number of hydrogen-bond donors (Lipinski definition) is 0. The van der Waals surface area contributed by atoms with Gasteiger partial charge < -0.3 is 4.57 Å². The average molecular weight is 810 g/mol. The summed E-state index contributed by atoms with van der Waals surface area (Å²) in [6, 6.07) is 71.5. The van der Waals surface area contributed by atoms with Crippen LogP contribution in [0.2, 0.25) is 0 Å². The zero-order valence-electron chi connectivity index (χ0n) is 33.4. The van der Waals surface area contributed by atoms with E-state index in [2.05, 4.69) is 168 Å². The summed E-state index contributed by atoms with van der Waals surface area (Å²) in [5, 5.41) is 5.03. The zero-order chi connectivity index (χ0) is 40.7. The van der Waals surface area contributed by atoms with Crippen LogP contribution in [0, 0.1) is 0 Å². The van der Waals surface area contributed by atoms with Gasteiger partial charge in [-0.1, -0.05) is 163 Å².